The molecule has 0 unspecified atom stereocenters. The Hall–Kier alpha value is -2.02. The molecule has 1 fully saturated rings. The fourth-order valence-corrected chi connectivity index (χ4v) is 2.37. The van der Waals surface area contributed by atoms with Crippen molar-refractivity contribution in [3.63, 3.8) is 0 Å². The summed E-state index contributed by atoms with van der Waals surface area (Å²) in [6.07, 6.45) is 6.13. The molecular formula is C13H19N7. The molecule has 0 spiro atoms. The van der Waals surface area contributed by atoms with E-state index in [9.17, 15) is 0 Å². The summed E-state index contributed by atoms with van der Waals surface area (Å²) in [6, 6.07) is 0. The molecule has 3 rings (SSSR count). The molecule has 2 aromatic heterocycles. The number of aromatic amines is 1. The topological polar surface area (TPSA) is 73.8 Å². The zero-order chi connectivity index (χ0) is 13.8. The van der Waals surface area contributed by atoms with E-state index >= 15 is 0 Å². The van der Waals surface area contributed by atoms with Gasteiger partial charge in [-0.3, -0.25) is 15.0 Å². The van der Waals surface area contributed by atoms with E-state index in [2.05, 4.69) is 41.9 Å². The molecule has 1 aliphatic rings. The van der Waals surface area contributed by atoms with Gasteiger partial charge in [0, 0.05) is 45.0 Å². The van der Waals surface area contributed by atoms with Crippen LogP contribution in [0.3, 0.4) is 0 Å². The molecule has 0 saturated carbocycles. The third kappa shape index (κ3) is 2.93. The largest absolute Gasteiger partial charge is 0.353 e. The number of nitrogens with one attached hydrogen (secondary N) is 1. The molecule has 0 amide bonds. The smallest absolute Gasteiger partial charge is 0.150 e. The summed E-state index contributed by atoms with van der Waals surface area (Å²) in [5.41, 5.74) is 0. The van der Waals surface area contributed by atoms with Crippen molar-refractivity contribution in [1.29, 1.82) is 0 Å². The summed E-state index contributed by atoms with van der Waals surface area (Å²) >= 11 is 0. The summed E-state index contributed by atoms with van der Waals surface area (Å²) in [4.78, 5) is 17.6. The van der Waals surface area contributed by atoms with Gasteiger partial charge in [-0.2, -0.15) is 5.10 Å². The maximum atomic E-state index is 4.46. The molecule has 20 heavy (non-hydrogen) atoms. The number of aryl methyl sites for hydroxylation is 1. The van der Waals surface area contributed by atoms with Gasteiger partial charge in [-0.1, -0.05) is 6.92 Å². The fraction of sp³-hybridized carbons (Fsp3) is 0.538. The van der Waals surface area contributed by atoms with Crippen molar-refractivity contribution in [1.82, 2.24) is 30.0 Å². The molecule has 2 aromatic rings. The van der Waals surface area contributed by atoms with Crippen molar-refractivity contribution in [3.8, 4) is 0 Å². The van der Waals surface area contributed by atoms with E-state index < -0.39 is 0 Å². The van der Waals surface area contributed by atoms with Gasteiger partial charge < -0.3 is 4.90 Å². The molecule has 0 aromatic carbocycles. The quantitative estimate of drug-likeness (QED) is 0.873. The van der Waals surface area contributed by atoms with Gasteiger partial charge in [0.05, 0.1) is 12.7 Å². The third-order valence-electron chi connectivity index (χ3n) is 3.51. The summed E-state index contributed by atoms with van der Waals surface area (Å²) in [5, 5.41) is 7.18. The van der Waals surface area contributed by atoms with E-state index in [1.165, 1.54) is 0 Å². The van der Waals surface area contributed by atoms with Crippen LogP contribution < -0.4 is 4.90 Å². The van der Waals surface area contributed by atoms with Gasteiger partial charge >= 0.3 is 0 Å². The number of anilines is 1. The summed E-state index contributed by atoms with van der Waals surface area (Å²) in [5.74, 6) is 2.80. The Kier molecular flexibility index (Phi) is 3.87. The highest BCUT2D eigenvalue weighted by Crippen LogP contribution is 2.12. The Morgan fingerprint density at radius 3 is 2.70 bits per heavy atom. The molecule has 0 radical (unpaired) electrons. The minimum atomic E-state index is 0.835. The normalized spacial score (nSPS) is 16.6. The average molecular weight is 273 g/mol. The predicted octanol–water partition coefficient (Wildman–Crippen LogP) is 0.479. The Morgan fingerprint density at radius 2 is 2.05 bits per heavy atom. The first-order chi connectivity index (χ1) is 9.85. The van der Waals surface area contributed by atoms with Crippen molar-refractivity contribution in [2.75, 3.05) is 31.1 Å². The molecule has 1 N–H and O–H groups in total. The van der Waals surface area contributed by atoms with Crippen molar-refractivity contribution in [2.45, 2.75) is 19.9 Å². The first kappa shape index (κ1) is 13.0. The lowest BCUT2D eigenvalue weighted by Crippen LogP contribution is -2.46. The summed E-state index contributed by atoms with van der Waals surface area (Å²) in [7, 11) is 0. The SMILES string of the molecule is CCc1n[nH]c(CN2CCN(c3cnccn3)CC2)n1. The van der Waals surface area contributed by atoms with E-state index in [1.54, 1.807) is 12.4 Å². The number of hydrogen-bond donors (Lipinski definition) is 1. The monoisotopic (exact) mass is 273 g/mol. The highest BCUT2D eigenvalue weighted by atomic mass is 15.3. The molecule has 3 heterocycles. The zero-order valence-corrected chi connectivity index (χ0v) is 11.7. The van der Waals surface area contributed by atoms with Crippen LogP contribution in [-0.2, 0) is 13.0 Å². The maximum absolute atomic E-state index is 4.46. The van der Waals surface area contributed by atoms with Crippen LogP contribution >= 0.6 is 0 Å². The lowest BCUT2D eigenvalue weighted by atomic mass is 10.3. The molecule has 106 valence electrons. The molecule has 1 saturated heterocycles. The van der Waals surface area contributed by atoms with E-state index in [-0.39, 0.29) is 0 Å². The van der Waals surface area contributed by atoms with Gasteiger partial charge in [0.2, 0.25) is 0 Å². The first-order valence-corrected chi connectivity index (χ1v) is 6.98. The zero-order valence-electron chi connectivity index (χ0n) is 11.7. The summed E-state index contributed by atoms with van der Waals surface area (Å²) < 4.78 is 0. The maximum Gasteiger partial charge on any atom is 0.150 e. The fourth-order valence-electron chi connectivity index (χ4n) is 2.37. The van der Waals surface area contributed by atoms with Crippen LogP contribution in [0.4, 0.5) is 5.82 Å². The Balaban J connectivity index is 1.53. The number of aromatic nitrogens is 5. The standard InChI is InChI=1S/C13H19N7/c1-2-11-16-12(18-17-11)10-19-5-7-20(8-6-19)13-9-14-3-4-15-13/h3-4,9H,2,5-8,10H2,1H3,(H,16,17,18). The lowest BCUT2D eigenvalue weighted by Gasteiger charge is -2.34. The van der Waals surface area contributed by atoms with Gasteiger partial charge in [0.1, 0.15) is 17.5 Å². The van der Waals surface area contributed by atoms with Crippen molar-refractivity contribution >= 4 is 5.82 Å². The van der Waals surface area contributed by atoms with Crippen molar-refractivity contribution in [2.24, 2.45) is 0 Å². The van der Waals surface area contributed by atoms with Gasteiger partial charge in [-0.25, -0.2) is 9.97 Å². The van der Waals surface area contributed by atoms with Crippen LogP contribution in [0.1, 0.15) is 18.6 Å². The minimum Gasteiger partial charge on any atom is -0.353 e. The van der Waals surface area contributed by atoms with E-state index in [1.807, 2.05) is 6.20 Å². The van der Waals surface area contributed by atoms with Crippen molar-refractivity contribution < 1.29 is 0 Å². The molecule has 1 aliphatic heterocycles. The number of nitrogens with zero attached hydrogens (tertiary/aromatic N) is 6. The molecule has 0 atom stereocenters. The number of rotatable bonds is 4. The molecule has 0 aliphatic carbocycles. The van der Waals surface area contributed by atoms with Gasteiger partial charge in [-0.15, -0.1) is 0 Å². The van der Waals surface area contributed by atoms with Crippen LogP contribution in [0, 0.1) is 0 Å². The molecule has 7 heteroatoms. The van der Waals surface area contributed by atoms with Gasteiger partial charge in [-0.05, 0) is 0 Å². The van der Waals surface area contributed by atoms with E-state index in [0.717, 1.165) is 56.6 Å². The van der Waals surface area contributed by atoms with Gasteiger partial charge in [0.25, 0.3) is 0 Å². The summed E-state index contributed by atoms with van der Waals surface area (Å²) in [6.45, 7) is 6.83. The van der Waals surface area contributed by atoms with Crippen LogP contribution in [0.25, 0.3) is 0 Å². The second-order valence-electron chi connectivity index (χ2n) is 4.88. The highest BCUT2D eigenvalue weighted by molar-refractivity contribution is 5.35. The predicted molar refractivity (Wildman–Crippen MR) is 75.3 cm³/mol. The van der Waals surface area contributed by atoms with Crippen LogP contribution in [0.15, 0.2) is 18.6 Å². The Morgan fingerprint density at radius 1 is 1.20 bits per heavy atom. The second kappa shape index (κ2) is 5.96. The van der Waals surface area contributed by atoms with E-state index in [4.69, 9.17) is 0 Å². The Labute approximate surface area is 118 Å². The third-order valence-corrected chi connectivity index (χ3v) is 3.51. The Bertz CT molecular complexity index is 531. The number of piperazine rings is 1. The van der Waals surface area contributed by atoms with Crippen LogP contribution in [0.2, 0.25) is 0 Å². The second-order valence-corrected chi connectivity index (χ2v) is 4.88. The number of H-pyrrole nitrogens is 1. The van der Waals surface area contributed by atoms with Crippen LogP contribution in [0.5, 0.6) is 0 Å². The molecular weight excluding hydrogens is 254 g/mol. The average Bonchev–Trinajstić information content (AvgIpc) is 2.97. The molecule has 0 bridgehead atoms. The molecule has 7 nitrogen and oxygen atoms in total. The lowest BCUT2D eigenvalue weighted by molar-refractivity contribution is 0.243. The first-order valence-electron chi connectivity index (χ1n) is 6.98. The van der Waals surface area contributed by atoms with Crippen molar-refractivity contribution in [3.05, 3.63) is 30.2 Å². The number of hydrogen-bond acceptors (Lipinski definition) is 6. The van der Waals surface area contributed by atoms with Gasteiger partial charge in [0.15, 0.2) is 0 Å². The highest BCUT2D eigenvalue weighted by Gasteiger charge is 2.19. The minimum absolute atomic E-state index is 0.835. The van der Waals surface area contributed by atoms with E-state index in [0.29, 0.717) is 0 Å². The van der Waals surface area contributed by atoms with Crippen LogP contribution in [-0.4, -0.2) is 56.2 Å².